The summed E-state index contributed by atoms with van der Waals surface area (Å²) < 4.78 is 2.29. The van der Waals surface area contributed by atoms with Gasteiger partial charge in [0.2, 0.25) is 0 Å². The van der Waals surface area contributed by atoms with Gasteiger partial charge in [0.25, 0.3) is 0 Å². The van der Waals surface area contributed by atoms with Gasteiger partial charge in [-0.2, -0.15) is 0 Å². The standard InChI is InChI=1S/C12H16N4.C2H6/c1-15(2)10-5-11(6-10)16-4-3-9-7-13-8-14-12(9)16;1-2/h3-4,7-8,10-11H,5-6H2,1-2H3;1-2H3. The molecule has 1 aliphatic carbocycles. The quantitative estimate of drug-likeness (QED) is 0.817. The minimum absolute atomic E-state index is 0.611. The molecule has 4 nitrogen and oxygen atoms in total. The van der Waals surface area contributed by atoms with Crippen LogP contribution in [0, 0.1) is 0 Å². The van der Waals surface area contributed by atoms with Crippen LogP contribution in [-0.4, -0.2) is 39.6 Å². The fourth-order valence-corrected chi connectivity index (χ4v) is 2.40. The van der Waals surface area contributed by atoms with Gasteiger partial charge in [0, 0.05) is 29.9 Å². The molecular formula is C14H22N4. The third-order valence-electron chi connectivity index (χ3n) is 3.59. The summed E-state index contributed by atoms with van der Waals surface area (Å²) in [6.45, 7) is 4.00. The van der Waals surface area contributed by atoms with Crippen LogP contribution in [0.3, 0.4) is 0 Å². The fourth-order valence-electron chi connectivity index (χ4n) is 2.40. The summed E-state index contributed by atoms with van der Waals surface area (Å²) in [6, 6.07) is 3.43. The highest BCUT2D eigenvalue weighted by Crippen LogP contribution is 2.36. The number of hydrogen-bond acceptors (Lipinski definition) is 3. The van der Waals surface area contributed by atoms with Crippen LogP contribution in [-0.2, 0) is 0 Å². The Hall–Kier alpha value is -1.42. The molecule has 1 fully saturated rings. The van der Waals surface area contributed by atoms with E-state index in [1.165, 1.54) is 12.8 Å². The first-order valence-electron chi connectivity index (χ1n) is 6.68. The molecule has 0 aliphatic heterocycles. The summed E-state index contributed by atoms with van der Waals surface area (Å²) >= 11 is 0. The Balaban J connectivity index is 0.000000574. The molecule has 1 saturated carbocycles. The molecule has 0 saturated heterocycles. The van der Waals surface area contributed by atoms with Gasteiger partial charge in [0.1, 0.15) is 12.0 Å². The monoisotopic (exact) mass is 246 g/mol. The van der Waals surface area contributed by atoms with Crippen LogP contribution in [0.15, 0.2) is 24.8 Å². The molecule has 0 amide bonds. The van der Waals surface area contributed by atoms with Crippen LogP contribution in [0.1, 0.15) is 32.7 Å². The Bertz CT molecular complexity index is 497. The van der Waals surface area contributed by atoms with Crippen molar-refractivity contribution in [2.24, 2.45) is 0 Å². The predicted molar refractivity (Wildman–Crippen MR) is 74.6 cm³/mol. The average Bonchev–Trinajstić information content (AvgIpc) is 2.74. The van der Waals surface area contributed by atoms with E-state index in [2.05, 4.69) is 45.8 Å². The first kappa shape index (κ1) is 13.0. The SMILES string of the molecule is CC.CN(C)C1CC(n2ccc3cncnc32)C1. The van der Waals surface area contributed by atoms with Crippen molar-refractivity contribution in [2.75, 3.05) is 14.1 Å². The number of rotatable bonds is 2. The second-order valence-corrected chi connectivity index (χ2v) is 4.77. The lowest BCUT2D eigenvalue weighted by Crippen LogP contribution is -2.41. The Morgan fingerprint density at radius 2 is 2.00 bits per heavy atom. The minimum atomic E-state index is 0.611. The van der Waals surface area contributed by atoms with Crippen molar-refractivity contribution in [3.05, 3.63) is 24.8 Å². The Morgan fingerprint density at radius 1 is 1.28 bits per heavy atom. The van der Waals surface area contributed by atoms with Crippen molar-refractivity contribution in [1.29, 1.82) is 0 Å². The summed E-state index contributed by atoms with van der Waals surface area (Å²) in [6.07, 6.45) is 8.08. The number of fused-ring (bicyclic) bond motifs is 1. The molecule has 4 heteroatoms. The topological polar surface area (TPSA) is 34.0 Å². The molecule has 2 aromatic heterocycles. The molecule has 0 N–H and O–H groups in total. The molecule has 0 spiro atoms. The second kappa shape index (κ2) is 5.48. The lowest BCUT2D eigenvalue weighted by atomic mass is 9.86. The van der Waals surface area contributed by atoms with Crippen LogP contribution in [0.4, 0.5) is 0 Å². The molecular weight excluding hydrogens is 224 g/mol. The predicted octanol–water partition coefficient (Wildman–Crippen LogP) is 2.72. The number of nitrogens with zero attached hydrogens (tertiary/aromatic N) is 4. The summed E-state index contributed by atoms with van der Waals surface area (Å²) in [5.74, 6) is 0. The van der Waals surface area contributed by atoms with Gasteiger partial charge in [-0.25, -0.2) is 9.97 Å². The van der Waals surface area contributed by atoms with Crippen molar-refractivity contribution < 1.29 is 0 Å². The zero-order chi connectivity index (χ0) is 13.1. The van der Waals surface area contributed by atoms with Gasteiger partial charge >= 0.3 is 0 Å². The Morgan fingerprint density at radius 3 is 2.67 bits per heavy atom. The first-order chi connectivity index (χ1) is 8.75. The molecule has 18 heavy (non-hydrogen) atoms. The van der Waals surface area contributed by atoms with Gasteiger partial charge in [0.05, 0.1) is 0 Å². The third-order valence-corrected chi connectivity index (χ3v) is 3.59. The summed E-state index contributed by atoms with van der Waals surface area (Å²) in [7, 11) is 4.30. The smallest absolute Gasteiger partial charge is 0.143 e. The van der Waals surface area contributed by atoms with E-state index in [1.54, 1.807) is 6.33 Å². The van der Waals surface area contributed by atoms with Gasteiger partial charge in [-0.3, -0.25) is 0 Å². The molecule has 0 bridgehead atoms. The maximum Gasteiger partial charge on any atom is 0.143 e. The van der Waals surface area contributed by atoms with Crippen molar-refractivity contribution in [3.63, 3.8) is 0 Å². The zero-order valence-electron chi connectivity index (χ0n) is 11.7. The largest absolute Gasteiger partial charge is 0.329 e. The lowest BCUT2D eigenvalue weighted by Gasteiger charge is -2.40. The molecule has 2 aromatic rings. The van der Waals surface area contributed by atoms with Crippen LogP contribution >= 0.6 is 0 Å². The van der Waals surface area contributed by atoms with E-state index in [9.17, 15) is 0 Å². The van der Waals surface area contributed by atoms with E-state index in [-0.39, 0.29) is 0 Å². The highest BCUT2D eigenvalue weighted by molar-refractivity contribution is 5.74. The van der Waals surface area contributed by atoms with E-state index >= 15 is 0 Å². The van der Waals surface area contributed by atoms with Crippen molar-refractivity contribution in [1.82, 2.24) is 19.4 Å². The highest BCUT2D eigenvalue weighted by atomic mass is 15.2. The van der Waals surface area contributed by atoms with Gasteiger partial charge in [-0.15, -0.1) is 0 Å². The molecule has 0 radical (unpaired) electrons. The zero-order valence-corrected chi connectivity index (χ0v) is 11.7. The normalized spacial score (nSPS) is 22.5. The molecule has 0 aromatic carbocycles. The Labute approximate surface area is 109 Å². The van der Waals surface area contributed by atoms with Gasteiger partial charge in [0.15, 0.2) is 0 Å². The van der Waals surface area contributed by atoms with Crippen LogP contribution in [0.25, 0.3) is 11.0 Å². The van der Waals surface area contributed by atoms with E-state index < -0.39 is 0 Å². The molecule has 98 valence electrons. The summed E-state index contributed by atoms with van der Waals surface area (Å²) in [4.78, 5) is 10.7. The van der Waals surface area contributed by atoms with Crippen LogP contribution in [0.2, 0.25) is 0 Å². The van der Waals surface area contributed by atoms with Gasteiger partial charge < -0.3 is 9.47 Å². The number of aromatic nitrogens is 3. The summed E-state index contributed by atoms with van der Waals surface area (Å²) in [5, 5.41) is 1.14. The average molecular weight is 246 g/mol. The molecule has 2 heterocycles. The van der Waals surface area contributed by atoms with Gasteiger partial charge in [-0.1, -0.05) is 13.8 Å². The van der Waals surface area contributed by atoms with Crippen molar-refractivity contribution >= 4 is 11.0 Å². The van der Waals surface area contributed by atoms with Crippen LogP contribution in [0.5, 0.6) is 0 Å². The maximum atomic E-state index is 4.35. The van der Waals surface area contributed by atoms with E-state index in [1.807, 2.05) is 20.0 Å². The molecule has 0 unspecified atom stereocenters. The maximum absolute atomic E-state index is 4.35. The van der Waals surface area contributed by atoms with E-state index in [0.717, 1.165) is 17.1 Å². The summed E-state index contributed by atoms with van der Waals surface area (Å²) in [5.41, 5.74) is 1.07. The molecule has 0 atom stereocenters. The number of hydrogen-bond donors (Lipinski definition) is 0. The second-order valence-electron chi connectivity index (χ2n) is 4.77. The third kappa shape index (κ3) is 2.25. The van der Waals surface area contributed by atoms with E-state index in [4.69, 9.17) is 0 Å². The minimum Gasteiger partial charge on any atom is -0.329 e. The molecule has 1 aliphatic rings. The Kier molecular flexibility index (Phi) is 3.97. The molecule has 3 rings (SSSR count). The first-order valence-corrected chi connectivity index (χ1v) is 6.68. The van der Waals surface area contributed by atoms with Crippen molar-refractivity contribution in [3.8, 4) is 0 Å². The van der Waals surface area contributed by atoms with E-state index in [0.29, 0.717) is 6.04 Å². The lowest BCUT2D eigenvalue weighted by molar-refractivity contribution is 0.131. The van der Waals surface area contributed by atoms with Gasteiger partial charge in [-0.05, 0) is 33.0 Å². The highest BCUT2D eigenvalue weighted by Gasteiger charge is 2.32. The van der Waals surface area contributed by atoms with Crippen molar-refractivity contribution in [2.45, 2.75) is 38.8 Å². The fraction of sp³-hybridized carbons (Fsp3) is 0.571. The van der Waals surface area contributed by atoms with Crippen LogP contribution < -0.4 is 0 Å².